The van der Waals surface area contributed by atoms with Crippen molar-refractivity contribution in [3.05, 3.63) is 29.8 Å². The summed E-state index contributed by atoms with van der Waals surface area (Å²) in [6.45, 7) is 0.303. The molecule has 98 valence electrons. The molecule has 1 unspecified atom stereocenters. The van der Waals surface area contributed by atoms with Crippen LogP contribution in [0, 0.1) is 0 Å². The van der Waals surface area contributed by atoms with Gasteiger partial charge in [0.25, 0.3) is 0 Å². The van der Waals surface area contributed by atoms with Gasteiger partial charge in [-0.25, -0.2) is 4.79 Å². The highest BCUT2D eigenvalue weighted by Crippen LogP contribution is 2.31. The van der Waals surface area contributed by atoms with Crippen molar-refractivity contribution in [1.82, 2.24) is 5.32 Å². The third-order valence-corrected chi connectivity index (χ3v) is 2.35. The molecule has 18 heavy (non-hydrogen) atoms. The van der Waals surface area contributed by atoms with Crippen LogP contribution in [0.25, 0.3) is 0 Å². The lowest BCUT2D eigenvalue weighted by molar-refractivity contribution is -0.137. The summed E-state index contributed by atoms with van der Waals surface area (Å²) in [6, 6.07) is 4.55. The lowest BCUT2D eigenvalue weighted by Gasteiger charge is -2.12. The van der Waals surface area contributed by atoms with E-state index >= 15 is 0 Å². The van der Waals surface area contributed by atoms with Crippen molar-refractivity contribution >= 4 is 6.09 Å². The Bertz CT molecular complexity index is 447. The molecule has 1 aromatic carbocycles. The number of rotatable bonds is 3. The molecule has 4 nitrogen and oxygen atoms in total. The van der Waals surface area contributed by atoms with Gasteiger partial charge in [0.05, 0.1) is 12.1 Å². The molecule has 0 spiro atoms. The van der Waals surface area contributed by atoms with Gasteiger partial charge in [-0.3, -0.25) is 0 Å². The van der Waals surface area contributed by atoms with Gasteiger partial charge in [-0.1, -0.05) is 6.07 Å². The number of benzene rings is 1. The number of alkyl carbamates (subject to hydrolysis) is 1. The van der Waals surface area contributed by atoms with Crippen LogP contribution >= 0.6 is 0 Å². The first-order chi connectivity index (χ1) is 8.45. The number of cyclic esters (lactones) is 1. The summed E-state index contributed by atoms with van der Waals surface area (Å²) >= 11 is 0. The Hall–Kier alpha value is -1.92. The maximum Gasteiger partial charge on any atom is 0.416 e. The summed E-state index contributed by atoms with van der Waals surface area (Å²) in [4.78, 5) is 10.7. The molecule has 2 rings (SSSR count). The Morgan fingerprint density at radius 2 is 2.22 bits per heavy atom. The second-order valence-corrected chi connectivity index (χ2v) is 3.74. The van der Waals surface area contributed by atoms with Crippen LogP contribution in [-0.4, -0.2) is 25.3 Å². The second kappa shape index (κ2) is 4.75. The molecule has 1 atom stereocenters. The molecule has 0 bridgehead atoms. The monoisotopic (exact) mass is 261 g/mol. The van der Waals surface area contributed by atoms with E-state index in [2.05, 4.69) is 5.32 Å². The first-order valence-corrected chi connectivity index (χ1v) is 5.20. The van der Waals surface area contributed by atoms with E-state index in [4.69, 9.17) is 9.47 Å². The van der Waals surface area contributed by atoms with Gasteiger partial charge in [0.15, 0.2) is 6.10 Å². The van der Waals surface area contributed by atoms with Crippen LogP contribution in [0.1, 0.15) is 5.56 Å². The minimum atomic E-state index is -4.40. The SMILES string of the molecule is O=C1NCC(COc2cccc(C(F)(F)F)c2)O1. The van der Waals surface area contributed by atoms with Gasteiger partial charge in [-0.15, -0.1) is 0 Å². The Balaban J connectivity index is 1.95. The number of alkyl halides is 3. The standard InChI is InChI=1S/C11H10F3NO3/c12-11(13,14)7-2-1-3-8(4-7)17-6-9-5-15-10(16)18-9/h1-4,9H,5-6H2,(H,15,16). The number of nitrogens with one attached hydrogen (secondary N) is 1. The minimum absolute atomic E-state index is 0.0139. The van der Waals surface area contributed by atoms with E-state index in [0.717, 1.165) is 12.1 Å². The van der Waals surface area contributed by atoms with Gasteiger partial charge in [0, 0.05) is 0 Å². The quantitative estimate of drug-likeness (QED) is 0.907. The fourth-order valence-corrected chi connectivity index (χ4v) is 1.48. The van der Waals surface area contributed by atoms with E-state index in [1.165, 1.54) is 12.1 Å². The van der Waals surface area contributed by atoms with Gasteiger partial charge < -0.3 is 14.8 Å². The number of hydrogen-bond acceptors (Lipinski definition) is 3. The zero-order valence-corrected chi connectivity index (χ0v) is 9.16. The molecule has 1 heterocycles. The van der Waals surface area contributed by atoms with Crippen molar-refractivity contribution in [3.63, 3.8) is 0 Å². The van der Waals surface area contributed by atoms with Gasteiger partial charge in [-0.2, -0.15) is 13.2 Å². The van der Waals surface area contributed by atoms with Gasteiger partial charge in [0.2, 0.25) is 0 Å². The van der Waals surface area contributed by atoms with Crippen LogP contribution in [0.15, 0.2) is 24.3 Å². The molecule has 1 fully saturated rings. The summed E-state index contributed by atoms with van der Waals surface area (Å²) in [6.07, 6.45) is -5.43. The predicted octanol–water partition coefficient (Wildman–Crippen LogP) is 2.19. The minimum Gasteiger partial charge on any atom is -0.490 e. The molecule has 0 aromatic heterocycles. The summed E-state index contributed by atoms with van der Waals surface area (Å²) in [5.74, 6) is 0.0905. The lowest BCUT2D eigenvalue weighted by atomic mass is 10.2. The molecule has 1 saturated heterocycles. The zero-order valence-electron chi connectivity index (χ0n) is 9.16. The zero-order chi connectivity index (χ0) is 13.2. The highest BCUT2D eigenvalue weighted by Gasteiger charge is 2.30. The molecular formula is C11H10F3NO3. The normalized spacial score (nSPS) is 19.3. The summed E-state index contributed by atoms with van der Waals surface area (Å²) < 4.78 is 47.2. The third kappa shape index (κ3) is 3.06. The maximum atomic E-state index is 12.4. The number of carbonyl (C=O) groups is 1. The fraction of sp³-hybridized carbons (Fsp3) is 0.364. The van der Waals surface area contributed by atoms with Gasteiger partial charge in [-0.05, 0) is 18.2 Å². The molecule has 0 saturated carbocycles. The summed E-state index contributed by atoms with van der Waals surface area (Å²) in [5.41, 5.74) is -0.776. The molecule has 1 N–H and O–H groups in total. The van der Waals surface area contributed by atoms with Crippen molar-refractivity contribution in [2.45, 2.75) is 12.3 Å². The average Bonchev–Trinajstić information content (AvgIpc) is 2.72. The molecule has 7 heteroatoms. The second-order valence-electron chi connectivity index (χ2n) is 3.74. The highest BCUT2D eigenvalue weighted by molar-refractivity contribution is 5.69. The van der Waals surface area contributed by atoms with Crippen molar-refractivity contribution in [2.24, 2.45) is 0 Å². The molecule has 0 aliphatic carbocycles. The third-order valence-electron chi connectivity index (χ3n) is 2.35. The lowest BCUT2D eigenvalue weighted by Crippen LogP contribution is -2.22. The number of carbonyl (C=O) groups excluding carboxylic acids is 1. The number of ether oxygens (including phenoxy) is 2. The highest BCUT2D eigenvalue weighted by atomic mass is 19.4. The van der Waals surface area contributed by atoms with Crippen molar-refractivity contribution in [2.75, 3.05) is 13.2 Å². The molecule has 1 aromatic rings. The van der Waals surface area contributed by atoms with E-state index < -0.39 is 23.9 Å². The maximum absolute atomic E-state index is 12.4. The Kier molecular flexibility index (Phi) is 3.31. The van der Waals surface area contributed by atoms with Crippen molar-refractivity contribution < 1.29 is 27.4 Å². The first kappa shape index (κ1) is 12.5. The Morgan fingerprint density at radius 3 is 2.83 bits per heavy atom. The molecular weight excluding hydrogens is 251 g/mol. The van der Waals surface area contributed by atoms with E-state index in [-0.39, 0.29) is 18.9 Å². The van der Waals surface area contributed by atoms with Crippen LogP contribution in [0.2, 0.25) is 0 Å². The fourth-order valence-electron chi connectivity index (χ4n) is 1.48. The predicted molar refractivity (Wildman–Crippen MR) is 55.2 cm³/mol. The molecule has 1 amide bonds. The Labute approximate surface area is 101 Å². The largest absolute Gasteiger partial charge is 0.490 e. The average molecular weight is 261 g/mol. The number of amides is 1. The van der Waals surface area contributed by atoms with Crippen molar-refractivity contribution in [3.8, 4) is 5.75 Å². The van der Waals surface area contributed by atoms with Gasteiger partial charge in [0.1, 0.15) is 12.4 Å². The van der Waals surface area contributed by atoms with Crippen molar-refractivity contribution in [1.29, 1.82) is 0 Å². The van der Waals surface area contributed by atoms with E-state index in [1.54, 1.807) is 0 Å². The van der Waals surface area contributed by atoms with E-state index in [0.29, 0.717) is 0 Å². The van der Waals surface area contributed by atoms with Crippen LogP contribution in [0.5, 0.6) is 5.75 Å². The molecule has 1 aliphatic rings. The van der Waals surface area contributed by atoms with Crippen LogP contribution in [0.3, 0.4) is 0 Å². The van der Waals surface area contributed by atoms with E-state index in [1.807, 2.05) is 0 Å². The number of hydrogen-bond donors (Lipinski definition) is 1. The van der Waals surface area contributed by atoms with Crippen LogP contribution in [0.4, 0.5) is 18.0 Å². The summed E-state index contributed by atoms with van der Waals surface area (Å²) in [7, 11) is 0. The van der Waals surface area contributed by atoms with Gasteiger partial charge >= 0.3 is 12.3 Å². The molecule has 1 aliphatic heterocycles. The smallest absolute Gasteiger partial charge is 0.416 e. The van der Waals surface area contributed by atoms with E-state index in [9.17, 15) is 18.0 Å². The Morgan fingerprint density at radius 1 is 1.44 bits per heavy atom. The first-order valence-electron chi connectivity index (χ1n) is 5.20. The molecule has 0 radical (unpaired) electrons. The summed E-state index contributed by atoms with van der Waals surface area (Å²) in [5, 5.41) is 2.42. The number of halogens is 3. The topological polar surface area (TPSA) is 47.6 Å². The van der Waals surface area contributed by atoms with Crippen LogP contribution < -0.4 is 10.1 Å². The van der Waals surface area contributed by atoms with Crippen LogP contribution in [-0.2, 0) is 10.9 Å².